The van der Waals surface area contributed by atoms with Gasteiger partial charge < -0.3 is 10.6 Å². The first-order valence-electron chi connectivity index (χ1n) is 7.02. The van der Waals surface area contributed by atoms with E-state index in [1.54, 1.807) is 11.8 Å². The molecule has 0 bridgehead atoms. The van der Waals surface area contributed by atoms with Gasteiger partial charge in [-0.25, -0.2) is 0 Å². The molecule has 2 rings (SSSR count). The highest BCUT2D eigenvalue weighted by molar-refractivity contribution is 7.99. The number of benzene rings is 1. The van der Waals surface area contributed by atoms with Crippen molar-refractivity contribution in [2.24, 2.45) is 5.92 Å². The van der Waals surface area contributed by atoms with Gasteiger partial charge in [0.15, 0.2) is 0 Å². The van der Waals surface area contributed by atoms with Crippen LogP contribution < -0.4 is 10.6 Å². The van der Waals surface area contributed by atoms with Gasteiger partial charge in [-0.2, -0.15) is 0 Å². The zero-order valence-electron chi connectivity index (χ0n) is 11.4. The van der Waals surface area contributed by atoms with Crippen LogP contribution in [0.2, 0.25) is 0 Å². The lowest BCUT2D eigenvalue weighted by atomic mass is 9.96. The average Bonchev–Trinajstić information content (AvgIpc) is 2.42. The van der Waals surface area contributed by atoms with Crippen LogP contribution in [0.4, 0.5) is 5.69 Å². The summed E-state index contributed by atoms with van der Waals surface area (Å²) in [7, 11) is 0. The first-order valence-corrected chi connectivity index (χ1v) is 8.00. The third kappa shape index (κ3) is 4.55. The molecule has 2 N–H and O–H groups in total. The number of hydrogen-bond donors (Lipinski definition) is 2. The first-order chi connectivity index (χ1) is 9.29. The molecule has 1 heterocycles. The number of hydrogen-bond acceptors (Lipinski definition) is 3. The molecule has 1 aliphatic rings. The Morgan fingerprint density at radius 3 is 3.05 bits per heavy atom. The van der Waals surface area contributed by atoms with Crippen LogP contribution in [0.25, 0.3) is 0 Å². The molecule has 0 saturated carbocycles. The number of rotatable bonds is 5. The number of nitrogens with one attached hydrogen (secondary N) is 2. The Hall–Kier alpha value is -1.00. The summed E-state index contributed by atoms with van der Waals surface area (Å²) in [5.41, 5.74) is 0.947. The molecule has 4 heteroatoms. The molecule has 1 atom stereocenters. The van der Waals surface area contributed by atoms with Gasteiger partial charge in [-0.1, -0.05) is 19.1 Å². The Labute approximate surface area is 119 Å². The van der Waals surface area contributed by atoms with Gasteiger partial charge >= 0.3 is 0 Å². The fraction of sp³-hybridized carbons (Fsp3) is 0.533. The summed E-state index contributed by atoms with van der Waals surface area (Å²) >= 11 is 1.76. The highest BCUT2D eigenvalue weighted by Gasteiger charge is 2.17. The van der Waals surface area contributed by atoms with E-state index in [1.165, 1.54) is 6.42 Å². The maximum Gasteiger partial charge on any atom is 0.224 e. The van der Waals surface area contributed by atoms with Gasteiger partial charge in [-0.05, 0) is 49.7 Å². The van der Waals surface area contributed by atoms with E-state index in [0.717, 1.165) is 35.8 Å². The third-order valence-corrected chi connectivity index (χ3v) is 4.29. The summed E-state index contributed by atoms with van der Waals surface area (Å²) in [6, 6.07) is 8.02. The highest BCUT2D eigenvalue weighted by atomic mass is 32.2. The Balaban J connectivity index is 1.90. The minimum Gasteiger partial charge on any atom is -0.325 e. The van der Waals surface area contributed by atoms with Crippen LogP contribution >= 0.6 is 11.8 Å². The predicted molar refractivity (Wildman–Crippen MR) is 81.7 cm³/mol. The van der Waals surface area contributed by atoms with Crippen LogP contribution in [0.3, 0.4) is 0 Å². The molecule has 19 heavy (non-hydrogen) atoms. The lowest BCUT2D eigenvalue weighted by molar-refractivity contribution is -0.117. The van der Waals surface area contributed by atoms with Crippen molar-refractivity contribution >= 4 is 23.4 Å². The smallest absolute Gasteiger partial charge is 0.224 e. The molecule has 1 unspecified atom stereocenters. The van der Waals surface area contributed by atoms with Gasteiger partial charge in [-0.3, -0.25) is 4.79 Å². The molecule has 1 aromatic carbocycles. The predicted octanol–water partition coefficient (Wildman–Crippen LogP) is 3.13. The third-order valence-electron chi connectivity index (χ3n) is 3.33. The van der Waals surface area contributed by atoms with Crippen LogP contribution in [-0.2, 0) is 4.79 Å². The second-order valence-electron chi connectivity index (χ2n) is 4.89. The Morgan fingerprint density at radius 2 is 2.32 bits per heavy atom. The van der Waals surface area contributed by atoms with Crippen molar-refractivity contribution in [3.05, 3.63) is 24.3 Å². The van der Waals surface area contributed by atoms with Gasteiger partial charge in [0, 0.05) is 11.3 Å². The van der Waals surface area contributed by atoms with Gasteiger partial charge in [0.05, 0.1) is 5.69 Å². The molecule has 0 spiro atoms. The lowest BCUT2D eigenvalue weighted by Crippen LogP contribution is -2.32. The van der Waals surface area contributed by atoms with Gasteiger partial charge in [-0.15, -0.1) is 11.8 Å². The van der Waals surface area contributed by atoms with Gasteiger partial charge in [0.2, 0.25) is 5.91 Å². The van der Waals surface area contributed by atoms with Crippen LogP contribution in [0, 0.1) is 5.92 Å². The highest BCUT2D eigenvalue weighted by Crippen LogP contribution is 2.27. The number of piperidine rings is 1. The minimum atomic E-state index is 0.137. The number of anilines is 1. The van der Waals surface area contributed by atoms with E-state index in [9.17, 15) is 4.79 Å². The van der Waals surface area contributed by atoms with Crippen molar-refractivity contribution in [1.29, 1.82) is 0 Å². The van der Waals surface area contributed by atoms with Crippen molar-refractivity contribution in [3.8, 4) is 0 Å². The van der Waals surface area contributed by atoms with E-state index in [1.807, 2.05) is 18.2 Å². The average molecular weight is 278 g/mol. The number of carbonyl (C=O) groups excluding carboxylic acids is 1. The molecule has 0 aliphatic carbocycles. The second kappa shape index (κ2) is 7.56. The minimum absolute atomic E-state index is 0.137. The molecule has 3 nitrogen and oxygen atoms in total. The Kier molecular flexibility index (Phi) is 5.73. The topological polar surface area (TPSA) is 41.1 Å². The quantitative estimate of drug-likeness (QED) is 0.813. The van der Waals surface area contributed by atoms with Gasteiger partial charge in [0.1, 0.15) is 0 Å². The summed E-state index contributed by atoms with van der Waals surface area (Å²) in [4.78, 5) is 13.2. The van der Waals surface area contributed by atoms with Crippen LogP contribution in [0.1, 0.15) is 26.2 Å². The standard InChI is InChI=1S/C15H22N2OS/c1-2-19-14-8-4-3-7-13(14)17-15(18)10-12-6-5-9-16-11-12/h3-4,7-8,12,16H,2,5-6,9-11H2,1H3,(H,17,18). The molecular formula is C15H22N2OS. The molecule has 104 valence electrons. The van der Waals surface area contributed by atoms with E-state index in [4.69, 9.17) is 0 Å². The number of carbonyl (C=O) groups is 1. The summed E-state index contributed by atoms with van der Waals surface area (Å²) < 4.78 is 0. The van der Waals surface area contributed by atoms with Crippen molar-refractivity contribution in [2.45, 2.75) is 31.1 Å². The maximum absolute atomic E-state index is 12.1. The zero-order chi connectivity index (χ0) is 13.5. The van der Waals surface area contributed by atoms with Crippen LogP contribution in [0.15, 0.2) is 29.2 Å². The van der Waals surface area contributed by atoms with Crippen molar-refractivity contribution in [1.82, 2.24) is 5.32 Å². The Bertz CT molecular complexity index is 416. The molecule has 1 aromatic rings. The summed E-state index contributed by atoms with van der Waals surface area (Å²) in [5.74, 6) is 1.64. The molecule has 1 aliphatic heterocycles. The van der Waals surface area contributed by atoms with Gasteiger partial charge in [0.25, 0.3) is 0 Å². The van der Waals surface area contributed by atoms with E-state index < -0.39 is 0 Å². The molecule has 0 radical (unpaired) electrons. The number of amides is 1. The summed E-state index contributed by atoms with van der Waals surface area (Å²) in [6.45, 7) is 4.18. The van der Waals surface area contributed by atoms with Crippen molar-refractivity contribution in [2.75, 3.05) is 24.2 Å². The fourth-order valence-electron chi connectivity index (χ4n) is 2.41. The molecular weight excluding hydrogens is 256 g/mol. The number of para-hydroxylation sites is 1. The lowest BCUT2D eigenvalue weighted by Gasteiger charge is -2.22. The molecule has 1 amide bonds. The largest absolute Gasteiger partial charge is 0.325 e. The van der Waals surface area contributed by atoms with Crippen LogP contribution in [0.5, 0.6) is 0 Å². The van der Waals surface area contributed by atoms with Crippen molar-refractivity contribution < 1.29 is 4.79 Å². The molecule has 0 aromatic heterocycles. The fourth-order valence-corrected chi connectivity index (χ4v) is 3.17. The normalized spacial score (nSPS) is 19.1. The first kappa shape index (κ1) is 14.4. The van der Waals surface area contributed by atoms with E-state index in [-0.39, 0.29) is 5.91 Å². The molecule has 1 saturated heterocycles. The molecule has 1 fully saturated rings. The van der Waals surface area contributed by atoms with E-state index in [0.29, 0.717) is 12.3 Å². The summed E-state index contributed by atoms with van der Waals surface area (Å²) in [5, 5.41) is 6.41. The van der Waals surface area contributed by atoms with E-state index in [2.05, 4.69) is 23.6 Å². The Morgan fingerprint density at radius 1 is 1.47 bits per heavy atom. The van der Waals surface area contributed by atoms with Crippen molar-refractivity contribution in [3.63, 3.8) is 0 Å². The maximum atomic E-state index is 12.1. The SMILES string of the molecule is CCSc1ccccc1NC(=O)CC1CCCNC1. The monoisotopic (exact) mass is 278 g/mol. The second-order valence-corrected chi connectivity index (χ2v) is 6.20. The zero-order valence-corrected chi connectivity index (χ0v) is 12.3. The van der Waals surface area contributed by atoms with E-state index >= 15 is 0 Å². The number of thioether (sulfide) groups is 1. The van der Waals surface area contributed by atoms with Crippen LogP contribution in [-0.4, -0.2) is 24.7 Å². The summed E-state index contributed by atoms with van der Waals surface area (Å²) in [6.07, 6.45) is 2.96.